The first-order valence-corrected chi connectivity index (χ1v) is 11.7. The van der Waals surface area contributed by atoms with Crippen molar-refractivity contribution in [3.05, 3.63) is 83.0 Å². The van der Waals surface area contributed by atoms with Gasteiger partial charge in [-0.2, -0.15) is 11.3 Å². The Morgan fingerprint density at radius 3 is 2.58 bits per heavy atom. The zero-order valence-electron chi connectivity index (χ0n) is 18.7. The van der Waals surface area contributed by atoms with E-state index in [0.29, 0.717) is 5.82 Å². The molecule has 2 aromatic carbocycles. The van der Waals surface area contributed by atoms with E-state index in [-0.39, 0.29) is 17.7 Å². The molecule has 0 atom stereocenters. The Morgan fingerprint density at radius 1 is 1.06 bits per heavy atom. The molecule has 3 aromatic heterocycles. The van der Waals surface area contributed by atoms with E-state index < -0.39 is 0 Å². The molecule has 1 N–H and O–H groups in total. The molecule has 0 spiro atoms. The third-order valence-corrected chi connectivity index (χ3v) is 6.18. The summed E-state index contributed by atoms with van der Waals surface area (Å²) in [5.74, 6) is 1.04. The molecule has 0 aliphatic rings. The summed E-state index contributed by atoms with van der Waals surface area (Å²) in [6.07, 6.45) is 2.09. The van der Waals surface area contributed by atoms with Gasteiger partial charge in [0.2, 0.25) is 5.91 Å². The van der Waals surface area contributed by atoms with E-state index in [2.05, 4.69) is 55.1 Å². The molecule has 6 nitrogen and oxygen atoms in total. The van der Waals surface area contributed by atoms with Crippen LogP contribution < -0.4 is 5.32 Å². The predicted octanol–water partition coefficient (Wildman–Crippen LogP) is 6.22. The second-order valence-corrected chi connectivity index (χ2v) is 9.83. The van der Waals surface area contributed by atoms with Crippen LogP contribution in [0.5, 0.6) is 0 Å². The van der Waals surface area contributed by atoms with Crippen molar-refractivity contribution < 1.29 is 9.32 Å². The Kier molecular flexibility index (Phi) is 5.34. The zero-order chi connectivity index (χ0) is 23.0. The van der Waals surface area contributed by atoms with Crippen molar-refractivity contribution in [1.29, 1.82) is 0 Å². The van der Waals surface area contributed by atoms with Gasteiger partial charge < -0.3 is 9.84 Å². The van der Waals surface area contributed by atoms with Gasteiger partial charge in [-0.3, -0.25) is 9.36 Å². The molecular weight excluding hydrogens is 432 g/mol. The largest absolute Gasteiger partial charge is 0.359 e. The van der Waals surface area contributed by atoms with Gasteiger partial charge in [0, 0.05) is 17.2 Å². The highest BCUT2D eigenvalue weighted by atomic mass is 32.1. The number of fused-ring (bicyclic) bond motifs is 1. The zero-order valence-corrected chi connectivity index (χ0v) is 19.5. The summed E-state index contributed by atoms with van der Waals surface area (Å²) in [5, 5.41) is 11.0. The normalized spacial score (nSPS) is 11.7. The molecule has 0 aliphatic carbocycles. The number of amides is 1. The van der Waals surface area contributed by atoms with E-state index >= 15 is 0 Å². The smallest absolute Gasteiger partial charge is 0.230 e. The van der Waals surface area contributed by atoms with Crippen LogP contribution in [0.15, 0.2) is 76.2 Å². The number of hydrogen-bond donors (Lipinski definition) is 1. The Hall–Kier alpha value is -3.71. The maximum absolute atomic E-state index is 12.5. The van der Waals surface area contributed by atoms with Gasteiger partial charge in [0.1, 0.15) is 12.1 Å². The van der Waals surface area contributed by atoms with Crippen molar-refractivity contribution in [3.8, 4) is 16.8 Å². The van der Waals surface area contributed by atoms with E-state index in [1.807, 2.05) is 51.4 Å². The number of carbonyl (C=O) groups excluding carboxylic acids is 1. The van der Waals surface area contributed by atoms with Crippen LogP contribution in [0.1, 0.15) is 32.1 Å². The van der Waals surface area contributed by atoms with E-state index in [1.165, 1.54) is 5.56 Å². The molecule has 0 bridgehead atoms. The third kappa shape index (κ3) is 4.45. The van der Waals surface area contributed by atoms with Crippen molar-refractivity contribution in [2.24, 2.45) is 0 Å². The third-order valence-electron chi connectivity index (χ3n) is 5.50. The number of nitrogens with zero attached hydrogens (tertiary/aromatic N) is 3. The summed E-state index contributed by atoms with van der Waals surface area (Å²) >= 11 is 1.69. The van der Waals surface area contributed by atoms with Crippen LogP contribution in [0.4, 0.5) is 5.82 Å². The predicted molar refractivity (Wildman–Crippen MR) is 132 cm³/mol. The molecule has 0 saturated carbocycles. The number of aromatic nitrogens is 3. The number of thiophene rings is 1. The van der Waals surface area contributed by atoms with E-state index in [1.54, 1.807) is 17.4 Å². The van der Waals surface area contributed by atoms with Crippen LogP contribution in [-0.2, 0) is 16.6 Å². The first-order valence-electron chi connectivity index (χ1n) is 10.7. The van der Waals surface area contributed by atoms with Crippen LogP contribution in [0.2, 0.25) is 0 Å². The molecule has 5 aromatic rings. The maximum Gasteiger partial charge on any atom is 0.230 e. The lowest BCUT2D eigenvalue weighted by Crippen LogP contribution is -2.14. The average molecular weight is 457 g/mol. The SMILES string of the molecule is CC(C)(C)c1cc(NC(=O)Cc2ccc(-n3cnc4cc(-c5ccsc5)ccc43)cc2)no1. The van der Waals surface area contributed by atoms with Crippen LogP contribution in [0, 0.1) is 0 Å². The van der Waals surface area contributed by atoms with Crippen molar-refractivity contribution in [1.82, 2.24) is 14.7 Å². The first-order chi connectivity index (χ1) is 15.9. The minimum atomic E-state index is -0.158. The van der Waals surface area contributed by atoms with Crippen molar-refractivity contribution in [2.45, 2.75) is 32.6 Å². The second kappa shape index (κ2) is 8.33. The fraction of sp³-hybridized carbons (Fsp3) is 0.192. The summed E-state index contributed by atoms with van der Waals surface area (Å²) in [4.78, 5) is 17.0. The molecule has 0 aliphatic heterocycles. The highest BCUT2D eigenvalue weighted by Crippen LogP contribution is 2.27. The first kappa shape index (κ1) is 21.2. The van der Waals surface area contributed by atoms with Crippen molar-refractivity contribution >= 4 is 34.1 Å². The van der Waals surface area contributed by atoms with E-state index in [9.17, 15) is 4.79 Å². The Labute approximate surface area is 195 Å². The maximum atomic E-state index is 12.5. The molecule has 1 amide bonds. The fourth-order valence-electron chi connectivity index (χ4n) is 3.66. The quantitative estimate of drug-likeness (QED) is 0.341. The lowest BCUT2D eigenvalue weighted by atomic mass is 9.93. The molecule has 0 unspecified atom stereocenters. The van der Waals surface area contributed by atoms with Crippen LogP contribution in [-0.4, -0.2) is 20.6 Å². The summed E-state index contributed by atoms with van der Waals surface area (Å²) < 4.78 is 7.38. The molecule has 7 heteroatoms. The molecule has 5 rings (SSSR count). The number of imidazole rings is 1. The number of benzene rings is 2. The van der Waals surface area contributed by atoms with Gasteiger partial charge in [-0.05, 0) is 57.8 Å². The topological polar surface area (TPSA) is 73.0 Å². The summed E-state index contributed by atoms with van der Waals surface area (Å²) in [7, 11) is 0. The number of anilines is 1. The molecule has 0 radical (unpaired) electrons. The fourth-order valence-corrected chi connectivity index (χ4v) is 4.33. The number of nitrogens with one attached hydrogen (secondary N) is 1. The van der Waals surface area contributed by atoms with Gasteiger partial charge >= 0.3 is 0 Å². The summed E-state index contributed by atoms with van der Waals surface area (Å²) in [5.41, 5.74) is 6.12. The summed E-state index contributed by atoms with van der Waals surface area (Å²) in [6, 6.07) is 18.2. The van der Waals surface area contributed by atoms with Gasteiger partial charge in [0.15, 0.2) is 5.82 Å². The monoisotopic (exact) mass is 456 g/mol. The Bertz CT molecular complexity index is 1410. The van der Waals surface area contributed by atoms with Crippen LogP contribution >= 0.6 is 11.3 Å². The number of carbonyl (C=O) groups is 1. The molecule has 3 heterocycles. The van der Waals surface area contributed by atoms with E-state index in [0.717, 1.165) is 33.6 Å². The van der Waals surface area contributed by atoms with Crippen molar-refractivity contribution in [3.63, 3.8) is 0 Å². The molecule has 33 heavy (non-hydrogen) atoms. The molecular formula is C26H24N4O2S. The standard InChI is InChI=1S/C26H24N4O2S/c1-26(2,3)23-14-24(29-32-23)28-25(31)12-17-4-7-20(8-5-17)30-16-27-21-13-18(6-9-22(21)30)19-10-11-33-15-19/h4-11,13-16H,12H2,1-3H3,(H,28,29,31). The van der Waals surface area contributed by atoms with E-state index in [4.69, 9.17) is 4.52 Å². The van der Waals surface area contributed by atoms with Gasteiger partial charge in [-0.25, -0.2) is 4.98 Å². The number of rotatable bonds is 5. The average Bonchev–Trinajstić information content (AvgIpc) is 3.54. The van der Waals surface area contributed by atoms with Gasteiger partial charge in [0.25, 0.3) is 0 Å². The Balaban J connectivity index is 1.29. The van der Waals surface area contributed by atoms with Crippen molar-refractivity contribution in [2.75, 3.05) is 5.32 Å². The lowest BCUT2D eigenvalue weighted by molar-refractivity contribution is -0.115. The molecule has 0 saturated heterocycles. The second-order valence-electron chi connectivity index (χ2n) is 9.05. The minimum Gasteiger partial charge on any atom is -0.359 e. The Morgan fingerprint density at radius 2 is 1.88 bits per heavy atom. The van der Waals surface area contributed by atoms with Gasteiger partial charge in [-0.15, -0.1) is 0 Å². The van der Waals surface area contributed by atoms with Crippen LogP contribution in [0.25, 0.3) is 27.8 Å². The number of hydrogen-bond acceptors (Lipinski definition) is 5. The van der Waals surface area contributed by atoms with Gasteiger partial charge in [0.05, 0.1) is 17.5 Å². The lowest BCUT2D eigenvalue weighted by Gasteiger charge is -2.12. The summed E-state index contributed by atoms with van der Waals surface area (Å²) in [6.45, 7) is 6.10. The van der Waals surface area contributed by atoms with Crippen LogP contribution in [0.3, 0.4) is 0 Å². The molecule has 166 valence electrons. The molecule has 0 fully saturated rings. The minimum absolute atomic E-state index is 0.134. The van der Waals surface area contributed by atoms with Gasteiger partial charge in [-0.1, -0.05) is 44.1 Å². The highest BCUT2D eigenvalue weighted by Gasteiger charge is 2.20. The highest BCUT2D eigenvalue weighted by molar-refractivity contribution is 7.08.